The van der Waals surface area contributed by atoms with Gasteiger partial charge in [-0.3, -0.25) is 4.79 Å². The minimum Gasteiger partial charge on any atom is -0.379 e. The molecule has 0 aromatic heterocycles. The van der Waals surface area contributed by atoms with Crippen molar-refractivity contribution in [2.45, 2.75) is 39.8 Å². The summed E-state index contributed by atoms with van der Waals surface area (Å²) in [5, 5.41) is 2.82. The normalized spacial score (nSPS) is 15.1. The molecule has 4 nitrogen and oxygen atoms in total. The van der Waals surface area contributed by atoms with Crippen molar-refractivity contribution >= 4 is 5.91 Å². The molecule has 0 aliphatic carbocycles. The van der Waals surface area contributed by atoms with E-state index in [1.54, 1.807) is 6.92 Å². The molecule has 4 heteroatoms. The third kappa shape index (κ3) is 7.33. The SMILES string of the molecule is COC(C)C(=O)NC(C)COCC(C)C. The van der Waals surface area contributed by atoms with Crippen molar-refractivity contribution in [2.75, 3.05) is 20.3 Å². The van der Waals surface area contributed by atoms with Crippen LogP contribution in [0.15, 0.2) is 0 Å². The van der Waals surface area contributed by atoms with Crippen molar-refractivity contribution in [3.05, 3.63) is 0 Å². The first kappa shape index (κ1) is 14.4. The molecule has 2 atom stereocenters. The first-order valence-corrected chi connectivity index (χ1v) is 5.38. The minimum absolute atomic E-state index is 0.0221. The van der Waals surface area contributed by atoms with Gasteiger partial charge in [0, 0.05) is 19.8 Å². The number of carbonyl (C=O) groups excluding carboxylic acids is 1. The van der Waals surface area contributed by atoms with Crippen LogP contribution in [0.3, 0.4) is 0 Å². The zero-order valence-electron chi connectivity index (χ0n) is 10.4. The van der Waals surface area contributed by atoms with Crippen molar-refractivity contribution in [3.63, 3.8) is 0 Å². The number of methoxy groups -OCH3 is 1. The number of rotatable bonds is 7. The number of nitrogens with one attached hydrogen (secondary N) is 1. The molecule has 15 heavy (non-hydrogen) atoms. The van der Waals surface area contributed by atoms with Crippen LogP contribution < -0.4 is 5.32 Å². The minimum atomic E-state index is -0.405. The Bertz CT molecular complexity index is 183. The van der Waals surface area contributed by atoms with Crippen molar-refractivity contribution in [2.24, 2.45) is 5.92 Å². The molecule has 0 rings (SSSR count). The average molecular weight is 217 g/mol. The number of carbonyl (C=O) groups is 1. The Kier molecular flexibility index (Phi) is 7.34. The van der Waals surface area contributed by atoms with Gasteiger partial charge < -0.3 is 14.8 Å². The molecule has 1 amide bonds. The molecule has 0 aliphatic heterocycles. The number of hydrogen-bond acceptors (Lipinski definition) is 3. The zero-order valence-corrected chi connectivity index (χ0v) is 10.4. The lowest BCUT2D eigenvalue weighted by atomic mass is 10.2. The largest absolute Gasteiger partial charge is 0.379 e. The summed E-state index contributed by atoms with van der Waals surface area (Å²) in [6.45, 7) is 9.09. The van der Waals surface area contributed by atoms with Gasteiger partial charge in [-0.05, 0) is 19.8 Å². The molecule has 90 valence electrons. The molecule has 1 N–H and O–H groups in total. The van der Waals surface area contributed by atoms with Gasteiger partial charge >= 0.3 is 0 Å². The van der Waals surface area contributed by atoms with Gasteiger partial charge in [0.2, 0.25) is 5.91 Å². The van der Waals surface area contributed by atoms with Crippen LogP contribution in [0.2, 0.25) is 0 Å². The second kappa shape index (κ2) is 7.65. The predicted molar refractivity (Wildman–Crippen MR) is 59.7 cm³/mol. The molecule has 2 unspecified atom stereocenters. The number of amides is 1. The summed E-state index contributed by atoms with van der Waals surface area (Å²) < 4.78 is 10.3. The Balaban J connectivity index is 3.64. The highest BCUT2D eigenvalue weighted by molar-refractivity contribution is 5.80. The molecular formula is C11H23NO3. The van der Waals surface area contributed by atoms with E-state index in [0.717, 1.165) is 6.61 Å². The fourth-order valence-electron chi connectivity index (χ4n) is 0.989. The van der Waals surface area contributed by atoms with Gasteiger partial charge in [0.05, 0.1) is 6.61 Å². The topological polar surface area (TPSA) is 47.6 Å². The Morgan fingerprint density at radius 1 is 1.20 bits per heavy atom. The van der Waals surface area contributed by atoms with Gasteiger partial charge in [0.25, 0.3) is 0 Å². The summed E-state index contributed by atoms with van der Waals surface area (Å²) in [6.07, 6.45) is -0.405. The van der Waals surface area contributed by atoms with Crippen molar-refractivity contribution in [3.8, 4) is 0 Å². The first-order valence-electron chi connectivity index (χ1n) is 5.38. The lowest BCUT2D eigenvalue weighted by Gasteiger charge is -2.17. The Labute approximate surface area is 92.3 Å². The Morgan fingerprint density at radius 3 is 2.27 bits per heavy atom. The van der Waals surface area contributed by atoms with Crippen LogP contribution in [-0.2, 0) is 14.3 Å². The molecule has 0 fully saturated rings. The maximum Gasteiger partial charge on any atom is 0.249 e. The fraction of sp³-hybridized carbons (Fsp3) is 0.909. The lowest BCUT2D eigenvalue weighted by Crippen LogP contribution is -2.41. The van der Waals surface area contributed by atoms with E-state index in [9.17, 15) is 4.79 Å². The van der Waals surface area contributed by atoms with Crippen molar-refractivity contribution in [1.82, 2.24) is 5.32 Å². The van der Waals surface area contributed by atoms with E-state index in [2.05, 4.69) is 19.2 Å². The average Bonchev–Trinajstić information content (AvgIpc) is 2.15. The highest BCUT2D eigenvalue weighted by Crippen LogP contribution is 1.95. The highest BCUT2D eigenvalue weighted by Gasteiger charge is 2.14. The van der Waals surface area contributed by atoms with Crippen LogP contribution in [0, 0.1) is 5.92 Å². The number of hydrogen-bond donors (Lipinski definition) is 1. The van der Waals surface area contributed by atoms with Crippen LogP contribution in [0.1, 0.15) is 27.7 Å². The number of ether oxygens (including phenoxy) is 2. The molecule has 0 saturated heterocycles. The molecule has 0 aliphatic rings. The standard InChI is InChI=1S/C11H23NO3/c1-8(2)6-15-7-9(3)12-11(13)10(4)14-5/h8-10H,6-7H2,1-5H3,(H,12,13). The third-order valence-corrected chi connectivity index (χ3v) is 1.93. The van der Waals surface area contributed by atoms with Crippen LogP contribution in [0.4, 0.5) is 0 Å². The van der Waals surface area contributed by atoms with Crippen LogP contribution >= 0.6 is 0 Å². The highest BCUT2D eigenvalue weighted by atomic mass is 16.5. The monoisotopic (exact) mass is 217 g/mol. The Hall–Kier alpha value is -0.610. The van der Waals surface area contributed by atoms with Gasteiger partial charge in [-0.2, -0.15) is 0 Å². The fourth-order valence-corrected chi connectivity index (χ4v) is 0.989. The summed E-state index contributed by atoms with van der Waals surface area (Å²) in [7, 11) is 1.52. The van der Waals surface area contributed by atoms with Gasteiger partial charge in [-0.25, -0.2) is 0 Å². The van der Waals surface area contributed by atoms with Gasteiger partial charge in [0.1, 0.15) is 6.10 Å². The van der Waals surface area contributed by atoms with Crippen molar-refractivity contribution < 1.29 is 14.3 Å². The second-order valence-electron chi connectivity index (χ2n) is 4.22. The van der Waals surface area contributed by atoms with E-state index in [1.165, 1.54) is 7.11 Å². The molecule has 0 saturated carbocycles. The van der Waals surface area contributed by atoms with E-state index in [1.807, 2.05) is 6.92 Å². The molecule has 0 aromatic carbocycles. The van der Waals surface area contributed by atoms with Crippen LogP contribution in [0.5, 0.6) is 0 Å². The first-order chi connectivity index (χ1) is 6.97. The maximum absolute atomic E-state index is 11.4. The summed E-state index contributed by atoms with van der Waals surface area (Å²) in [5.74, 6) is 0.420. The van der Waals surface area contributed by atoms with Gasteiger partial charge in [-0.1, -0.05) is 13.8 Å². The summed E-state index contributed by atoms with van der Waals surface area (Å²) in [6, 6.07) is 0.0221. The van der Waals surface area contributed by atoms with Crippen LogP contribution in [0.25, 0.3) is 0 Å². The zero-order chi connectivity index (χ0) is 11.8. The van der Waals surface area contributed by atoms with E-state index >= 15 is 0 Å². The van der Waals surface area contributed by atoms with E-state index in [4.69, 9.17) is 9.47 Å². The molecule has 0 radical (unpaired) electrons. The van der Waals surface area contributed by atoms with E-state index in [-0.39, 0.29) is 11.9 Å². The predicted octanol–water partition coefficient (Wildman–Crippen LogP) is 1.20. The third-order valence-electron chi connectivity index (χ3n) is 1.93. The Morgan fingerprint density at radius 2 is 1.80 bits per heavy atom. The van der Waals surface area contributed by atoms with Crippen LogP contribution in [-0.4, -0.2) is 38.4 Å². The van der Waals surface area contributed by atoms with Gasteiger partial charge in [-0.15, -0.1) is 0 Å². The van der Waals surface area contributed by atoms with Gasteiger partial charge in [0.15, 0.2) is 0 Å². The maximum atomic E-state index is 11.4. The molecular weight excluding hydrogens is 194 g/mol. The second-order valence-corrected chi connectivity index (χ2v) is 4.22. The molecule has 0 bridgehead atoms. The van der Waals surface area contributed by atoms with E-state index in [0.29, 0.717) is 12.5 Å². The summed E-state index contributed by atoms with van der Waals surface area (Å²) in [4.78, 5) is 11.4. The smallest absolute Gasteiger partial charge is 0.249 e. The molecule has 0 spiro atoms. The quantitative estimate of drug-likeness (QED) is 0.697. The molecule has 0 heterocycles. The van der Waals surface area contributed by atoms with E-state index < -0.39 is 6.10 Å². The summed E-state index contributed by atoms with van der Waals surface area (Å²) in [5.41, 5.74) is 0. The lowest BCUT2D eigenvalue weighted by molar-refractivity contribution is -0.131. The summed E-state index contributed by atoms with van der Waals surface area (Å²) >= 11 is 0. The molecule has 0 aromatic rings. The van der Waals surface area contributed by atoms with Crippen molar-refractivity contribution in [1.29, 1.82) is 0 Å².